The summed E-state index contributed by atoms with van der Waals surface area (Å²) in [6.07, 6.45) is 10.5. The minimum absolute atomic E-state index is 0.00400. The van der Waals surface area contributed by atoms with Gasteiger partial charge in [-0.25, -0.2) is 0 Å². The molecule has 0 aromatic heterocycles. The SMILES string of the molecule is COC(=O)[C@H]1CC[C@H]2[C@H]3CCC4=CC(=O)CC[C@@]4(C)[C@H]3CC[C@]12C. The second-order valence-corrected chi connectivity index (χ2v) is 9.17. The molecule has 0 radical (unpaired) electrons. The normalized spacial score (nSPS) is 47.3. The number of ether oxygens (including phenoxy) is 1. The fourth-order valence-electron chi connectivity index (χ4n) is 7.09. The van der Waals surface area contributed by atoms with Crippen molar-refractivity contribution in [1.29, 1.82) is 0 Å². The summed E-state index contributed by atoms with van der Waals surface area (Å²) in [7, 11) is 1.53. The summed E-state index contributed by atoms with van der Waals surface area (Å²) in [5, 5.41) is 0. The van der Waals surface area contributed by atoms with E-state index in [4.69, 9.17) is 4.74 Å². The third kappa shape index (κ3) is 2.09. The number of methoxy groups -OCH3 is 1. The minimum Gasteiger partial charge on any atom is -0.469 e. The van der Waals surface area contributed by atoms with Gasteiger partial charge in [-0.2, -0.15) is 0 Å². The maximum atomic E-state index is 12.3. The number of allylic oxidation sites excluding steroid dienone is 1. The number of esters is 1. The summed E-state index contributed by atoms with van der Waals surface area (Å²) in [6.45, 7) is 4.76. The Labute approximate surface area is 145 Å². The molecule has 4 aliphatic rings. The van der Waals surface area contributed by atoms with Crippen LogP contribution in [0.3, 0.4) is 0 Å². The van der Waals surface area contributed by atoms with Gasteiger partial charge < -0.3 is 4.74 Å². The zero-order valence-electron chi connectivity index (χ0n) is 15.3. The Kier molecular flexibility index (Phi) is 3.71. The molecule has 0 amide bonds. The van der Waals surface area contributed by atoms with Crippen molar-refractivity contribution in [3.05, 3.63) is 11.6 Å². The Bertz CT molecular complexity index is 606. The number of rotatable bonds is 1. The van der Waals surface area contributed by atoms with Crippen molar-refractivity contribution in [3.8, 4) is 0 Å². The standard InChI is InChI=1S/C21H30O3/c1-20-10-8-14(22)12-13(20)4-5-15-16-6-7-18(19(23)24-3)21(16,2)11-9-17(15)20/h12,15-18H,4-11H2,1-3H3/t15-,16+,17+,18-,20-,21+/m1/s1. The lowest BCUT2D eigenvalue weighted by Crippen LogP contribution is -2.51. The van der Waals surface area contributed by atoms with Crippen molar-refractivity contribution >= 4 is 11.8 Å². The van der Waals surface area contributed by atoms with Gasteiger partial charge >= 0.3 is 5.97 Å². The lowest BCUT2D eigenvalue weighted by atomic mass is 9.47. The van der Waals surface area contributed by atoms with Crippen LogP contribution in [0.2, 0.25) is 0 Å². The van der Waals surface area contributed by atoms with Crippen LogP contribution in [0.4, 0.5) is 0 Å². The first-order valence-electron chi connectivity index (χ1n) is 9.72. The van der Waals surface area contributed by atoms with E-state index in [9.17, 15) is 9.59 Å². The molecule has 0 spiro atoms. The summed E-state index contributed by atoms with van der Waals surface area (Å²) in [5.41, 5.74) is 1.77. The van der Waals surface area contributed by atoms with Gasteiger partial charge in [0.1, 0.15) is 0 Å². The molecule has 3 fully saturated rings. The Morgan fingerprint density at radius 1 is 1.08 bits per heavy atom. The molecule has 3 heteroatoms. The molecule has 0 aromatic carbocycles. The van der Waals surface area contributed by atoms with Crippen LogP contribution in [0.1, 0.15) is 65.2 Å². The topological polar surface area (TPSA) is 43.4 Å². The first-order valence-corrected chi connectivity index (χ1v) is 9.72. The van der Waals surface area contributed by atoms with Crippen molar-refractivity contribution < 1.29 is 14.3 Å². The quantitative estimate of drug-likeness (QED) is 0.673. The summed E-state index contributed by atoms with van der Waals surface area (Å²) < 4.78 is 5.12. The van der Waals surface area contributed by atoms with Crippen molar-refractivity contribution in [1.82, 2.24) is 0 Å². The van der Waals surface area contributed by atoms with Crippen LogP contribution in [0.25, 0.3) is 0 Å². The molecule has 132 valence electrons. The monoisotopic (exact) mass is 330 g/mol. The lowest BCUT2D eigenvalue weighted by molar-refractivity contribution is -0.152. The van der Waals surface area contributed by atoms with Crippen LogP contribution in [-0.2, 0) is 14.3 Å². The molecule has 4 aliphatic carbocycles. The third-order valence-electron chi connectivity index (χ3n) is 8.45. The van der Waals surface area contributed by atoms with Crippen LogP contribution in [-0.4, -0.2) is 18.9 Å². The van der Waals surface area contributed by atoms with E-state index in [1.807, 2.05) is 6.08 Å². The van der Waals surface area contributed by atoms with Gasteiger partial charge in [0.25, 0.3) is 0 Å². The third-order valence-corrected chi connectivity index (χ3v) is 8.45. The second kappa shape index (κ2) is 5.44. The fourth-order valence-corrected chi connectivity index (χ4v) is 7.09. The van der Waals surface area contributed by atoms with Gasteiger partial charge in [0.2, 0.25) is 0 Å². The predicted molar refractivity (Wildman–Crippen MR) is 92.2 cm³/mol. The fraction of sp³-hybridized carbons (Fsp3) is 0.810. The Hall–Kier alpha value is -1.12. The molecule has 3 nitrogen and oxygen atoms in total. The largest absolute Gasteiger partial charge is 0.469 e. The Morgan fingerprint density at radius 2 is 1.88 bits per heavy atom. The van der Waals surface area contributed by atoms with E-state index < -0.39 is 0 Å². The van der Waals surface area contributed by atoms with Gasteiger partial charge in [0.15, 0.2) is 5.78 Å². The number of hydrogen-bond donors (Lipinski definition) is 0. The number of hydrogen-bond acceptors (Lipinski definition) is 3. The molecule has 0 heterocycles. The van der Waals surface area contributed by atoms with Crippen LogP contribution < -0.4 is 0 Å². The highest BCUT2D eigenvalue weighted by molar-refractivity contribution is 5.91. The molecule has 0 unspecified atom stereocenters. The van der Waals surface area contributed by atoms with E-state index in [0.717, 1.165) is 32.1 Å². The van der Waals surface area contributed by atoms with E-state index in [2.05, 4.69) is 13.8 Å². The zero-order chi connectivity index (χ0) is 17.1. The van der Waals surface area contributed by atoms with E-state index in [-0.39, 0.29) is 22.7 Å². The van der Waals surface area contributed by atoms with E-state index in [0.29, 0.717) is 23.5 Å². The summed E-state index contributed by atoms with van der Waals surface area (Å²) in [6, 6.07) is 0. The number of carbonyl (C=O) groups is 2. The highest BCUT2D eigenvalue weighted by Gasteiger charge is 2.60. The molecular weight excluding hydrogens is 300 g/mol. The van der Waals surface area contributed by atoms with E-state index in [1.165, 1.54) is 31.9 Å². The second-order valence-electron chi connectivity index (χ2n) is 9.17. The molecule has 0 aromatic rings. The average Bonchev–Trinajstić information content (AvgIpc) is 2.92. The lowest BCUT2D eigenvalue weighted by Gasteiger charge is -2.57. The highest BCUT2D eigenvalue weighted by Crippen LogP contribution is 2.66. The first-order chi connectivity index (χ1) is 11.4. The maximum absolute atomic E-state index is 12.3. The molecule has 0 saturated heterocycles. The molecule has 4 rings (SSSR count). The molecular formula is C21H30O3. The van der Waals surface area contributed by atoms with Gasteiger partial charge in [-0.1, -0.05) is 19.4 Å². The molecule has 3 saturated carbocycles. The molecule has 0 N–H and O–H groups in total. The minimum atomic E-state index is 0.00400. The van der Waals surface area contributed by atoms with Gasteiger partial charge in [0.05, 0.1) is 13.0 Å². The van der Waals surface area contributed by atoms with Crippen molar-refractivity contribution in [2.75, 3.05) is 7.11 Å². The van der Waals surface area contributed by atoms with Crippen molar-refractivity contribution in [3.63, 3.8) is 0 Å². The van der Waals surface area contributed by atoms with Crippen molar-refractivity contribution in [2.24, 2.45) is 34.5 Å². The number of ketones is 1. The molecule has 0 bridgehead atoms. The average molecular weight is 330 g/mol. The first kappa shape index (κ1) is 16.4. The number of carbonyl (C=O) groups excluding carboxylic acids is 2. The van der Waals surface area contributed by atoms with Crippen LogP contribution in [0.15, 0.2) is 11.6 Å². The van der Waals surface area contributed by atoms with Crippen LogP contribution in [0.5, 0.6) is 0 Å². The zero-order valence-corrected chi connectivity index (χ0v) is 15.3. The van der Waals surface area contributed by atoms with Gasteiger partial charge in [0, 0.05) is 6.42 Å². The maximum Gasteiger partial charge on any atom is 0.309 e. The van der Waals surface area contributed by atoms with E-state index in [1.54, 1.807) is 0 Å². The van der Waals surface area contributed by atoms with Gasteiger partial charge in [-0.05, 0) is 79.6 Å². The summed E-state index contributed by atoms with van der Waals surface area (Å²) in [4.78, 5) is 24.2. The van der Waals surface area contributed by atoms with Crippen LogP contribution >= 0.6 is 0 Å². The smallest absolute Gasteiger partial charge is 0.309 e. The summed E-state index contributed by atoms with van der Waals surface area (Å²) >= 11 is 0. The predicted octanol–water partition coefficient (Wildman–Crippen LogP) is 4.31. The van der Waals surface area contributed by atoms with Gasteiger partial charge in [-0.3, -0.25) is 9.59 Å². The molecule has 0 aliphatic heterocycles. The number of fused-ring (bicyclic) bond motifs is 5. The Balaban J connectivity index is 1.65. The van der Waals surface area contributed by atoms with Crippen LogP contribution in [0, 0.1) is 34.5 Å². The Morgan fingerprint density at radius 3 is 2.62 bits per heavy atom. The highest BCUT2D eigenvalue weighted by atomic mass is 16.5. The van der Waals surface area contributed by atoms with Gasteiger partial charge in [-0.15, -0.1) is 0 Å². The van der Waals surface area contributed by atoms with Crippen molar-refractivity contribution in [2.45, 2.75) is 65.2 Å². The molecule has 24 heavy (non-hydrogen) atoms. The summed E-state index contributed by atoms with van der Waals surface area (Å²) in [5.74, 6) is 2.48. The molecule has 6 atom stereocenters. The van der Waals surface area contributed by atoms with E-state index >= 15 is 0 Å².